The summed E-state index contributed by atoms with van der Waals surface area (Å²) < 4.78 is 11.7. The molecule has 0 aromatic heterocycles. The number of carbonyl (C=O) groups excluding carboxylic acids is 1. The molecule has 8 heteroatoms. The minimum Gasteiger partial charge on any atom is -0.494 e. The molecule has 0 saturated carbocycles. The highest BCUT2D eigenvalue weighted by atomic mass is 35.5. The Morgan fingerprint density at radius 2 is 1.69 bits per heavy atom. The van der Waals surface area contributed by atoms with Crippen LogP contribution in [0.4, 0.5) is 0 Å². The molecule has 0 unspecified atom stereocenters. The molecule has 6 nitrogen and oxygen atoms in total. The standard InChI is InChI=1S/C28H36Cl2N2O4/c29-25-11-10-24(19-26(25)30)36-21-28(34)12-3-14-31(17-13-28)20-22-6-8-23(9-7-22)35-18-4-16-32-15-2-1-5-27(32)33/h6-11,19,34H,1-5,12-18,20-21H2/t28-/m1/s1. The highest BCUT2D eigenvalue weighted by Gasteiger charge is 2.31. The Morgan fingerprint density at radius 1 is 0.889 bits per heavy atom. The summed E-state index contributed by atoms with van der Waals surface area (Å²) in [5, 5.41) is 12.0. The normalized spacial score (nSPS) is 21.3. The molecule has 0 spiro atoms. The van der Waals surface area contributed by atoms with Crippen molar-refractivity contribution < 1.29 is 19.4 Å². The van der Waals surface area contributed by atoms with E-state index in [9.17, 15) is 9.90 Å². The largest absolute Gasteiger partial charge is 0.494 e. The van der Waals surface area contributed by atoms with E-state index in [0.717, 1.165) is 64.2 Å². The van der Waals surface area contributed by atoms with Gasteiger partial charge in [0.15, 0.2) is 0 Å². The van der Waals surface area contributed by atoms with Gasteiger partial charge in [-0.2, -0.15) is 0 Å². The van der Waals surface area contributed by atoms with Crippen molar-refractivity contribution in [3.63, 3.8) is 0 Å². The number of ether oxygens (including phenoxy) is 2. The second kappa shape index (κ2) is 13.0. The maximum Gasteiger partial charge on any atom is 0.222 e. The fourth-order valence-electron chi connectivity index (χ4n) is 4.81. The van der Waals surface area contributed by atoms with E-state index in [-0.39, 0.29) is 12.5 Å². The molecule has 2 aromatic rings. The first kappa shape index (κ1) is 27.1. The molecule has 0 bridgehead atoms. The molecule has 36 heavy (non-hydrogen) atoms. The monoisotopic (exact) mass is 534 g/mol. The van der Waals surface area contributed by atoms with E-state index in [1.165, 1.54) is 5.56 Å². The number of hydrogen-bond acceptors (Lipinski definition) is 5. The van der Waals surface area contributed by atoms with Gasteiger partial charge in [0, 0.05) is 38.7 Å². The molecule has 2 aromatic carbocycles. The second-order valence-electron chi connectivity index (χ2n) is 9.90. The van der Waals surface area contributed by atoms with E-state index in [1.807, 2.05) is 17.0 Å². The van der Waals surface area contributed by atoms with Gasteiger partial charge in [-0.05, 0) is 74.9 Å². The van der Waals surface area contributed by atoms with Gasteiger partial charge in [-0.1, -0.05) is 35.3 Å². The van der Waals surface area contributed by atoms with Gasteiger partial charge in [0.2, 0.25) is 5.91 Å². The minimum atomic E-state index is -0.864. The van der Waals surface area contributed by atoms with E-state index >= 15 is 0 Å². The summed E-state index contributed by atoms with van der Waals surface area (Å²) in [4.78, 5) is 16.2. The summed E-state index contributed by atoms with van der Waals surface area (Å²) in [6.45, 7) is 5.07. The van der Waals surface area contributed by atoms with Crippen molar-refractivity contribution in [1.82, 2.24) is 9.80 Å². The average molecular weight is 536 g/mol. The zero-order chi connectivity index (χ0) is 25.4. The molecular weight excluding hydrogens is 499 g/mol. The molecule has 1 amide bonds. The quantitative estimate of drug-likeness (QED) is 0.403. The smallest absolute Gasteiger partial charge is 0.222 e. The van der Waals surface area contributed by atoms with Gasteiger partial charge in [0.25, 0.3) is 0 Å². The van der Waals surface area contributed by atoms with E-state index in [0.29, 0.717) is 41.7 Å². The lowest BCUT2D eigenvalue weighted by Crippen LogP contribution is -2.37. The third kappa shape index (κ3) is 8.01. The maximum atomic E-state index is 11.9. The molecule has 1 N–H and O–H groups in total. The number of hydrogen-bond donors (Lipinski definition) is 1. The molecule has 1 atom stereocenters. The van der Waals surface area contributed by atoms with Crippen LogP contribution in [-0.4, -0.2) is 65.8 Å². The van der Waals surface area contributed by atoms with Crippen LogP contribution in [0, 0.1) is 0 Å². The number of rotatable bonds is 10. The third-order valence-electron chi connectivity index (χ3n) is 7.00. The first-order valence-corrected chi connectivity index (χ1v) is 13.7. The van der Waals surface area contributed by atoms with E-state index in [2.05, 4.69) is 17.0 Å². The molecule has 2 aliphatic rings. The molecular formula is C28H36Cl2N2O4. The van der Waals surface area contributed by atoms with Crippen LogP contribution in [0.25, 0.3) is 0 Å². The van der Waals surface area contributed by atoms with Crippen LogP contribution in [0.3, 0.4) is 0 Å². The molecule has 2 aliphatic heterocycles. The zero-order valence-corrected chi connectivity index (χ0v) is 22.3. The van der Waals surface area contributed by atoms with Gasteiger partial charge in [0.1, 0.15) is 18.1 Å². The Morgan fingerprint density at radius 3 is 2.47 bits per heavy atom. The van der Waals surface area contributed by atoms with Crippen molar-refractivity contribution in [3.8, 4) is 11.5 Å². The molecule has 2 heterocycles. The van der Waals surface area contributed by atoms with Gasteiger partial charge in [-0.15, -0.1) is 0 Å². The molecule has 2 fully saturated rings. The lowest BCUT2D eigenvalue weighted by molar-refractivity contribution is -0.133. The lowest BCUT2D eigenvalue weighted by Gasteiger charge is -2.27. The number of halogens is 2. The molecule has 196 valence electrons. The highest BCUT2D eigenvalue weighted by Crippen LogP contribution is 2.29. The Labute approximate surface area is 224 Å². The summed E-state index contributed by atoms with van der Waals surface area (Å²) in [5.74, 6) is 1.74. The van der Waals surface area contributed by atoms with Gasteiger partial charge in [-0.25, -0.2) is 0 Å². The number of benzene rings is 2. The van der Waals surface area contributed by atoms with E-state index < -0.39 is 5.60 Å². The zero-order valence-electron chi connectivity index (χ0n) is 20.8. The van der Waals surface area contributed by atoms with Crippen LogP contribution >= 0.6 is 23.2 Å². The van der Waals surface area contributed by atoms with Crippen LogP contribution in [0.5, 0.6) is 11.5 Å². The third-order valence-corrected chi connectivity index (χ3v) is 7.74. The fourth-order valence-corrected chi connectivity index (χ4v) is 5.10. The molecule has 2 saturated heterocycles. The number of aliphatic hydroxyl groups is 1. The fraction of sp³-hybridized carbons (Fsp3) is 0.536. The van der Waals surface area contributed by atoms with Crippen molar-refractivity contribution in [2.24, 2.45) is 0 Å². The summed E-state index contributed by atoms with van der Waals surface area (Å²) in [5.41, 5.74) is 0.357. The predicted octanol–water partition coefficient (Wildman–Crippen LogP) is 5.57. The van der Waals surface area contributed by atoms with Crippen molar-refractivity contribution in [3.05, 3.63) is 58.1 Å². The van der Waals surface area contributed by atoms with Crippen LogP contribution < -0.4 is 9.47 Å². The van der Waals surface area contributed by atoms with Gasteiger partial charge >= 0.3 is 0 Å². The van der Waals surface area contributed by atoms with Crippen molar-refractivity contribution in [1.29, 1.82) is 0 Å². The van der Waals surface area contributed by atoms with Crippen molar-refractivity contribution >= 4 is 29.1 Å². The second-order valence-corrected chi connectivity index (χ2v) is 10.7. The number of nitrogens with zero attached hydrogens (tertiary/aromatic N) is 2. The van der Waals surface area contributed by atoms with Crippen LogP contribution in [-0.2, 0) is 11.3 Å². The summed E-state index contributed by atoms with van der Waals surface area (Å²) in [7, 11) is 0. The van der Waals surface area contributed by atoms with E-state index in [4.69, 9.17) is 32.7 Å². The number of likely N-dealkylation sites (tertiary alicyclic amines) is 2. The average Bonchev–Trinajstić information content (AvgIpc) is 3.06. The van der Waals surface area contributed by atoms with Crippen LogP contribution in [0.2, 0.25) is 10.0 Å². The highest BCUT2D eigenvalue weighted by molar-refractivity contribution is 6.42. The summed E-state index contributed by atoms with van der Waals surface area (Å²) in [6, 6.07) is 13.4. The SMILES string of the molecule is O=C1CCCCN1CCCOc1ccc(CN2CCC[C@](O)(COc3ccc(Cl)c(Cl)c3)CC2)cc1. The summed E-state index contributed by atoms with van der Waals surface area (Å²) in [6.07, 6.45) is 5.91. The number of carbonyl (C=O) groups is 1. The van der Waals surface area contributed by atoms with Gasteiger partial charge < -0.3 is 19.5 Å². The summed E-state index contributed by atoms with van der Waals surface area (Å²) >= 11 is 12.0. The topological polar surface area (TPSA) is 62.2 Å². The predicted molar refractivity (Wildman–Crippen MR) is 143 cm³/mol. The minimum absolute atomic E-state index is 0.233. The Hall–Kier alpha value is -1.99. The lowest BCUT2D eigenvalue weighted by atomic mass is 9.96. The van der Waals surface area contributed by atoms with E-state index in [1.54, 1.807) is 18.2 Å². The Bertz CT molecular complexity index is 1000. The molecule has 0 radical (unpaired) electrons. The first-order chi connectivity index (χ1) is 17.4. The van der Waals surface area contributed by atoms with Crippen molar-refractivity contribution in [2.75, 3.05) is 39.4 Å². The molecule has 4 rings (SSSR count). The Balaban J connectivity index is 1.18. The number of amides is 1. The Kier molecular flexibility index (Phi) is 9.77. The van der Waals surface area contributed by atoms with Gasteiger partial charge in [0.05, 0.1) is 22.3 Å². The van der Waals surface area contributed by atoms with Gasteiger partial charge in [-0.3, -0.25) is 9.69 Å². The van der Waals surface area contributed by atoms with Crippen LogP contribution in [0.1, 0.15) is 50.5 Å². The molecule has 0 aliphatic carbocycles. The van der Waals surface area contributed by atoms with Crippen molar-refractivity contribution in [2.45, 2.75) is 57.1 Å². The first-order valence-electron chi connectivity index (χ1n) is 12.9. The maximum absolute atomic E-state index is 11.9. The van der Waals surface area contributed by atoms with Crippen LogP contribution in [0.15, 0.2) is 42.5 Å². The number of piperidine rings is 1.